The highest BCUT2D eigenvalue weighted by atomic mass is 16.5. The number of hydrogen-bond acceptors (Lipinski definition) is 6. The first-order valence-corrected chi connectivity index (χ1v) is 12.0. The van der Waals surface area contributed by atoms with E-state index in [1.165, 1.54) is 12.0 Å². The van der Waals surface area contributed by atoms with Crippen LogP contribution in [0.25, 0.3) is 5.76 Å². The molecule has 4 rings (SSSR count). The Labute approximate surface area is 215 Å². The van der Waals surface area contributed by atoms with E-state index in [1.807, 2.05) is 51.1 Å². The van der Waals surface area contributed by atoms with E-state index >= 15 is 0 Å². The number of methoxy groups -OCH3 is 1. The number of carbonyl (C=O) groups is 3. The number of aliphatic hydroxyl groups is 1. The fourth-order valence-electron chi connectivity index (χ4n) is 4.81. The fourth-order valence-corrected chi connectivity index (χ4v) is 4.81. The minimum Gasteiger partial charge on any atom is -0.507 e. The number of Topliss-reactive ketones (excluding diaryl/α,β-unsaturated/α-hetero) is 1. The van der Waals surface area contributed by atoms with E-state index < -0.39 is 23.7 Å². The van der Waals surface area contributed by atoms with Crippen LogP contribution in [0.4, 0.5) is 5.69 Å². The molecule has 0 bridgehead atoms. The average Bonchev–Trinajstić information content (AvgIpc) is 3.13. The molecule has 37 heavy (non-hydrogen) atoms. The number of benzene rings is 3. The van der Waals surface area contributed by atoms with E-state index in [4.69, 9.17) is 9.47 Å². The van der Waals surface area contributed by atoms with Gasteiger partial charge in [-0.15, -0.1) is 0 Å². The SMILES string of the molecule is CCOC(=O)c1ccc(N2C(=O)C(=O)/C(=C(/O)c3cc(C)cc(C)c3OC)C2c2ccccc2C)cc1. The summed E-state index contributed by atoms with van der Waals surface area (Å²) in [6, 6.07) is 16.5. The Hall–Kier alpha value is -4.39. The molecule has 1 unspecified atom stereocenters. The fraction of sp³-hybridized carbons (Fsp3) is 0.233. The lowest BCUT2D eigenvalue weighted by atomic mass is 9.91. The van der Waals surface area contributed by atoms with Gasteiger partial charge in [-0.1, -0.05) is 30.3 Å². The first kappa shape index (κ1) is 25.7. The summed E-state index contributed by atoms with van der Waals surface area (Å²) in [6.07, 6.45) is 0. The molecule has 0 saturated carbocycles. The Morgan fingerprint density at radius 2 is 1.65 bits per heavy atom. The molecule has 190 valence electrons. The van der Waals surface area contributed by atoms with Gasteiger partial charge < -0.3 is 14.6 Å². The number of ether oxygens (including phenoxy) is 2. The Morgan fingerprint density at radius 3 is 2.27 bits per heavy atom. The number of ketones is 1. The van der Waals surface area contributed by atoms with Crippen molar-refractivity contribution in [1.29, 1.82) is 0 Å². The highest BCUT2D eigenvalue weighted by Gasteiger charge is 2.47. The van der Waals surface area contributed by atoms with Gasteiger partial charge in [0.15, 0.2) is 0 Å². The van der Waals surface area contributed by atoms with Crippen LogP contribution in [0.5, 0.6) is 5.75 Å². The zero-order valence-electron chi connectivity index (χ0n) is 21.5. The van der Waals surface area contributed by atoms with Crippen molar-refractivity contribution >= 4 is 29.1 Å². The number of carbonyl (C=O) groups excluding carboxylic acids is 3. The van der Waals surface area contributed by atoms with Crippen molar-refractivity contribution in [3.8, 4) is 5.75 Å². The second kappa shape index (κ2) is 10.3. The second-order valence-corrected chi connectivity index (χ2v) is 8.96. The van der Waals surface area contributed by atoms with Crippen LogP contribution in [0, 0.1) is 20.8 Å². The number of nitrogens with zero attached hydrogens (tertiary/aromatic N) is 1. The Balaban J connectivity index is 1.94. The molecule has 0 radical (unpaired) electrons. The monoisotopic (exact) mass is 499 g/mol. The molecule has 0 aromatic heterocycles. The van der Waals surface area contributed by atoms with Crippen LogP contribution >= 0.6 is 0 Å². The number of anilines is 1. The predicted molar refractivity (Wildman–Crippen MR) is 141 cm³/mol. The molecule has 1 amide bonds. The molecular formula is C30H29NO6. The van der Waals surface area contributed by atoms with Gasteiger partial charge in [-0.25, -0.2) is 4.79 Å². The van der Waals surface area contributed by atoms with Crippen molar-refractivity contribution in [2.45, 2.75) is 33.7 Å². The van der Waals surface area contributed by atoms with Crippen molar-refractivity contribution in [3.05, 3.63) is 99.6 Å². The van der Waals surface area contributed by atoms with E-state index in [1.54, 1.807) is 37.3 Å². The normalized spacial score (nSPS) is 16.7. The van der Waals surface area contributed by atoms with Gasteiger partial charge in [-0.05, 0) is 80.3 Å². The molecule has 1 saturated heterocycles. The molecule has 1 aliphatic rings. The van der Waals surface area contributed by atoms with Crippen LogP contribution in [-0.4, -0.2) is 36.5 Å². The van der Waals surface area contributed by atoms with E-state index in [9.17, 15) is 19.5 Å². The number of esters is 1. The maximum atomic E-state index is 13.5. The molecule has 3 aromatic carbocycles. The molecule has 7 heteroatoms. The Kier molecular flexibility index (Phi) is 7.16. The summed E-state index contributed by atoms with van der Waals surface area (Å²) in [5.41, 5.74) is 4.26. The molecule has 1 N–H and O–H groups in total. The lowest BCUT2D eigenvalue weighted by molar-refractivity contribution is -0.132. The van der Waals surface area contributed by atoms with E-state index in [-0.39, 0.29) is 17.9 Å². The minimum atomic E-state index is -0.889. The van der Waals surface area contributed by atoms with Gasteiger partial charge in [0, 0.05) is 5.69 Å². The molecule has 1 aliphatic heterocycles. The van der Waals surface area contributed by atoms with Crippen molar-refractivity contribution in [2.75, 3.05) is 18.6 Å². The summed E-state index contributed by atoms with van der Waals surface area (Å²) in [6.45, 7) is 7.58. The number of aryl methyl sites for hydroxylation is 3. The van der Waals surface area contributed by atoms with Crippen LogP contribution in [0.15, 0.2) is 66.2 Å². The Morgan fingerprint density at radius 1 is 0.973 bits per heavy atom. The third kappa shape index (κ3) is 4.60. The van der Waals surface area contributed by atoms with Gasteiger partial charge >= 0.3 is 5.97 Å². The lowest BCUT2D eigenvalue weighted by Crippen LogP contribution is -2.29. The summed E-state index contributed by atoms with van der Waals surface area (Å²) < 4.78 is 10.6. The average molecular weight is 500 g/mol. The molecule has 3 aromatic rings. The van der Waals surface area contributed by atoms with E-state index in [2.05, 4.69) is 0 Å². The summed E-state index contributed by atoms with van der Waals surface area (Å²) in [5.74, 6) is -1.94. The Bertz CT molecular complexity index is 1420. The van der Waals surface area contributed by atoms with E-state index in [0.29, 0.717) is 28.1 Å². The smallest absolute Gasteiger partial charge is 0.338 e. The quantitative estimate of drug-likeness (QED) is 0.211. The summed E-state index contributed by atoms with van der Waals surface area (Å²) >= 11 is 0. The van der Waals surface area contributed by atoms with Crippen molar-refractivity contribution < 1.29 is 29.0 Å². The molecule has 1 fully saturated rings. The van der Waals surface area contributed by atoms with Gasteiger partial charge in [0.1, 0.15) is 11.5 Å². The van der Waals surface area contributed by atoms with Crippen molar-refractivity contribution in [3.63, 3.8) is 0 Å². The van der Waals surface area contributed by atoms with Crippen LogP contribution in [0.2, 0.25) is 0 Å². The van der Waals surface area contributed by atoms with Gasteiger partial charge in [-0.3, -0.25) is 14.5 Å². The summed E-state index contributed by atoms with van der Waals surface area (Å²) in [4.78, 5) is 40.5. The molecule has 0 aliphatic carbocycles. The van der Waals surface area contributed by atoms with Crippen molar-refractivity contribution in [1.82, 2.24) is 0 Å². The van der Waals surface area contributed by atoms with Gasteiger partial charge in [0.2, 0.25) is 0 Å². The van der Waals surface area contributed by atoms with Gasteiger partial charge in [-0.2, -0.15) is 0 Å². The number of aliphatic hydroxyl groups excluding tert-OH is 1. The standard InChI is InChI=1S/C30H29NO6/c1-6-37-30(35)20-11-13-21(14-12-20)31-25(22-10-8-7-9-18(22)3)24(27(33)29(31)34)26(32)23-16-17(2)15-19(4)28(23)36-5/h7-16,25,32H,6H2,1-5H3/b26-24+. The van der Waals surface area contributed by atoms with Crippen molar-refractivity contribution in [2.24, 2.45) is 0 Å². The van der Waals surface area contributed by atoms with Crippen LogP contribution in [-0.2, 0) is 14.3 Å². The topological polar surface area (TPSA) is 93.1 Å². The first-order chi connectivity index (χ1) is 17.7. The molecule has 1 atom stereocenters. The number of rotatable bonds is 6. The van der Waals surface area contributed by atoms with Crippen LogP contribution in [0.1, 0.15) is 51.1 Å². The maximum Gasteiger partial charge on any atom is 0.338 e. The molecule has 0 spiro atoms. The zero-order valence-corrected chi connectivity index (χ0v) is 21.5. The zero-order chi connectivity index (χ0) is 26.9. The van der Waals surface area contributed by atoms with Gasteiger partial charge in [0.05, 0.1) is 36.5 Å². The highest BCUT2D eigenvalue weighted by Crippen LogP contribution is 2.44. The number of hydrogen-bond donors (Lipinski definition) is 1. The largest absolute Gasteiger partial charge is 0.507 e. The van der Waals surface area contributed by atoms with Gasteiger partial charge in [0.25, 0.3) is 11.7 Å². The first-order valence-electron chi connectivity index (χ1n) is 12.0. The van der Waals surface area contributed by atoms with Crippen LogP contribution in [0.3, 0.4) is 0 Å². The second-order valence-electron chi connectivity index (χ2n) is 8.96. The van der Waals surface area contributed by atoms with Crippen LogP contribution < -0.4 is 9.64 Å². The maximum absolute atomic E-state index is 13.5. The lowest BCUT2D eigenvalue weighted by Gasteiger charge is -2.27. The summed E-state index contributed by atoms with van der Waals surface area (Å²) in [7, 11) is 1.50. The minimum absolute atomic E-state index is 0.0305. The van der Waals surface area contributed by atoms with E-state index in [0.717, 1.165) is 16.7 Å². The predicted octanol–water partition coefficient (Wildman–Crippen LogP) is 5.42. The third-order valence-corrected chi connectivity index (χ3v) is 6.46. The third-order valence-electron chi connectivity index (χ3n) is 6.46. The highest BCUT2D eigenvalue weighted by molar-refractivity contribution is 6.51. The molecule has 7 nitrogen and oxygen atoms in total. The molecular weight excluding hydrogens is 470 g/mol. The molecule has 1 heterocycles. The summed E-state index contributed by atoms with van der Waals surface area (Å²) in [5, 5.41) is 11.6. The number of amides is 1.